The van der Waals surface area contributed by atoms with Crippen molar-refractivity contribution >= 4 is 43.3 Å². The molecule has 112 valence electrons. The van der Waals surface area contributed by atoms with E-state index in [0.29, 0.717) is 0 Å². The highest BCUT2D eigenvalue weighted by Gasteiger charge is 2.29. The Balaban J connectivity index is 2.28. The zero-order chi connectivity index (χ0) is 15.6. The zero-order valence-electron chi connectivity index (χ0n) is 10.9. The average molecular weight is 391 g/mol. The number of nitrogens with zero attached hydrogens (tertiary/aromatic N) is 2. The summed E-state index contributed by atoms with van der Waals surface area (Å²) < 4.78 is 26.6. The predicted octanol–water partition coefficient (Wildman–Crippen LogP) is 2.42. The van der Waals surface area contributed by atoms with E-state index in [4.69, 9.17) is 5.11 Å². The highest BCUT2D eigenvalue weighted by Crippen LogP contribution is 2.24. The number of carboxylic acid groups (broad SMARTS) is 1. The molecule has 2 aromatic rings. The lowest BCUT2D eigenvalue weighted by Gasteiger charge is -2.16. The first-order chi connectivity index (χ1) is 9.82. The number of carbonyl (C=O) groups is 1. The standard InChI is InChI=1S/C12H11BrN2O4S2/c1-15(6-8-2-4-9(13)5-3-8)21(18,19)12-10(11(16)17)14-7-20-12/h2-5,7H,6H2,1H3,(H,16,17). The van der Waals surface area contributed by atoms with Crippen molar-refractivity contribution in [3.8, 4) is 0 Å². The van der Waals surface area contributed by atoms with Gasteiger partial charge in [-0.05, 0) is 17.7 Å². The zero-order valence-corrected chi connectivity index (χ0v) is 14.1. The Kier molecular flexibility index (Phi) is 4.77. The summed E-state index contributed by atoms with van der Waals surface area (Å²) in [5, 5.41) is 8.98. The van der Waals surface area contributed by atoms with Crippen LogP contribution in [0.4, 0.5) is 0 Å². The Morgan fingerprint density at radius 2 is 2.00 bits per heavy atom. The minimum absolute atomic E-state index is 0.145. The summed E-state index contributed by atoms with van der Waals surface area (Å²) in [4.78, 5) is 14.6. The number of sulfonamides is 1. The number of benzene rings is 1. The molecule has 6 nitrogen and oxygen atoms in total. The molecule has 1 aromatic heterocycles. The molecule has 0 radical (unpaired) electrons. The molecule has 0 fully saturated rings. The molecule has 0 unspecified atom stereocenters. The summed E-state index contributed by atoms with van der Waals surface area (Å²) in [7, 11) is -2.48. The fraction of sp³-hybridized carbons (Fsp3) is 0.167. The van der Waals surface area contributed by atoms with Crippen LogP contribution >= 0.6 is 27.3 Å². The minimum atomic E-state index is -3.88. The van der Waals surface area contributed by atoms with Crippen LogP contribution in [0.5, 0.6) is 0 Å². The number of carboxylic acids is 1. The van der Waals surface area contributed by atoms with Gasteiger partial charge in [0.05, 0.1) is 5.51 Å². The number of hydrogen-bond acceptors (Lipinski definition) is 5. The number of aromatic carboxylic acids is 1. The summed E-state index contributed by atoms with van der Waals surface area (Å²) in [5.74, 6) is -1.35. The average Bonchev–Trinajstić information content (AvgIpc) is 2.91. The summed E-state index contributed by atoms with van der Waals surface area (Å²) in [6.45, 7) is 0.145. The normalized spacial score (nSPS) is 11.8. The molecule has 0 spiro atoms. The summed E-state index contributed by atoms with van der Waals surface area (Å²) in [6, 6.07) is 7.21. The molecule has 2 rings (SSSR count). The van der Waals surface area contributed by atoms with E-state index in [1.165, 1.54) is 12.6 Å². The number of halogens is 1. The highest BCUT2D eigenvalue weighted by molar-refractivity contribution is 9.10. The Bertz CT molecular complexity index is 756. The van der Waals surface area contributed by atoms with Gasteiger partial charge < -0.3 is 5.11 Å². The Morgan fingerprint density at radius 1 is 1.38 bits per heavy atom. The lowest BCUT2D eigenvalue weighted by Crippen LogP contribution is -2.27. The van der Waals surface area contributed by atoms with E-state index in [2.05, 4.69) is 20.9 Å². The fourth-order valence-corrected chi connectivity index (χ4v) is 4.39. The van der Waals surface area contributed by atoms with E-state index in [0.717, 1.165) is 25.7 Å². The highest BCUT2D eigenvalue weighted by atomic mass is 79.9. The second kappa shape index (κ2) is 6.22. The van der Waals surface area contributed by atoms with Crippen molar-refractivity contribution in [3.05, 3.63) is 45.5 Å². The lowest BCUT2D eigenvalue weighted by molar-refractivity contribution is 0.0687. The largest absolute Gasteiger partial charge is 0.476 e. The summed E-state index contributed by atoms with van der Waals surface area (Å²) in [5.41, 5.74) is 1.57. The number of aromatic nitrogens is 1. The molecular weight excluding hydrogens is 380 g/mol. The molecule has 0 aliphatic heterocycles. The van der Waals surface area contributed by atoms with Gasteiger partial charge in [0.25, 0.3) is 10.0 Å². The van der Waals surface area contributed by atoms with Crippen molar-refractivity contribution in [2.24, 2.45) is 0 Å². The molecule has 0 aliphatic carbocycles. The molecule has 0 saturated heterocycles. The van der Waals surface area contributed by atoms with Crippen LogP contribution in [0.25, 0.3) is 0 Å². The maximum Gasteiger partial charge on any atom is 0.356 e. The van der Waals surface area contributed by atoms with Gasteiger partial charge in [-0.3, -0.25) is 0 Å². The van der Waals surface area contributed by atoms with E-state index in [1.54, 1.807) is 12.1 Å². The van der Waals surface area contributed by atoms with Crippen LogP contribution < -0.4 is 0 Å². The van der Waals surface area contributed by atoms with Crippen molar-refractivity contribution in [1.82, 2.24) is 9.29 Å². The van der Waals surface area contributed by atoms with Gasteiger partial charge >= 0.3 is 5.97 Å². The van der Waals surface area contributed by atoms with E-state index in [1.807, 2.05) is 12.1 Å². The van der Waals surface area contributed by atoms with Gasteiger partial charge in [0.1, 0.15) is 0 Å². The Hall–Kier alpha value is -1.29. The topological polar surface area (TPSA) is 87.6 Å². The van der Waals surface area contributed by atoms with Crippen LogP contribution in [-0.2, 0) is 16.6 Å². The van der Waals surface area contributed by atoms with Gasteiger partial charge in [0.2, 0.25) is 0 Å². The van der Waals surface area contributed by atoms with Gasteiger partial charge in [0, 0.05) is 18.1 Å². The summed E-state index contributed by atoms with van der Waals surface area (Å²) in [6.07, 6.45) is 0. The van der Waals surface area contributed by atoms with Crippen LogP contribution in [0.3, 0.4) is 0 Å². The molecule has 1 N–H and O–H groups in total. The second-order valence-corrected chi connectivity index (χ2v) is 8.19. The van der Waals surface area contributed by atoms with E-state index in [9.17, 15) is 13.2 Å². The first kappa shape index (κ1) is 16.1. The van der Waals surface area contributed by atoms with E-state index < -0.39 is 21.7 Å². The van der Waals surface area contributed by atoms with Crippen molar-refractivity contribution in [2.75, 3.05) is 7.05 Å². The molecular formula is C12H11BrN2O4S2. The van der Waals surface area contributed by atoms with Crippen molar-refractivity contribution in [2.45, 2.75) is 10.8 Å². The lowest BCUT2D eigenvalue weighted by atomic mass is 10.2. The molecule has 0 amide bonds. The quantitative estimate of drug-likeness (QED) is 0.846. The molecule has 0 bridgehead atoms. The smallest absolute Gasteiger partial charge is 0.356 e. The predicted molar refractivity (Wildman–Crippen MR) is 81.9 cm³/mol. The van der Waals surface area contributed by atoms with Crippen LogP contribution in [0.2, 0.25) is 0 Å². The number of hydrogen-bond donors (Lipinski definition) is 1. The van der Waals surface area contributed by atoms with Crippen LogP contribution in [0.15, 0.2) is 38.5 Å². The Morgan fingerprint density at radius 3 is 2.57 bits per heavy atom. The van der Waals surface area contributed by atoms with Gasteiger partial charge in [0.15, 0.2) is 9.90 Å². The van der Waals surface area contributed by atoms with Crippen LogP contribution in [0.1, 0.15) is 16.1 Å². The fourth-order valence-electron chi connectivity index (χ4n) is 1.63. The molecule has 1 aromatic carbocycles. The number of thiazole rings is 1. The maximum absolute atomic E-state index is 12.4. The van der Waals surface area contributed by atoms with Gasteiger partial charge in [-0.15, -0.1) is 11.3 Å². The Labute approximate surface area is 134 Å². The van der Waals surface area contributed by atoms with Crippen molar-refractivity contribution in [1.29, 1.82) is 0 Å². The summed E-state index contributed by atoms with van der Waals surface area (Å²) >= 11 is 4.10. The molecule has 0 atom stereocenters. The van der Waals surface area contributed by atoms with Crippen LogP contribution in [-0.4, -0.2) is 35.8 Å². The monoisotopic (exact) mass is 390 g/mol. The second-order valence-electron chi connectivity index (χ2n) is 4.18. The van der Waals surface area contributed by atoms with Gasteiger partial charge in [-0.1, -0.05) is 28.1 Å². The van der Waals surface area contributed by atoms with E-state index >= 15 is 0 Å². The number of rotatable bonds is 5. The van der Waals surface area contributed by atoms with Crippen molar-refractivity contribution < 1.29 is 18.3 Å². The van der Waals surface area contributed by atoms with Crippen molar-refractivity contribution in [3.63, 3.8) is 0 Å². The van der Waals surface area contributed by atoms with E-state index in [-0.39, 0.29) is 10.8 Å². The molecule has 0 aliphatic rings. The first-order valence-corrected chi connectivity index (χ1v) is 8.81. The van der Waals surface area contributed by atoms with Gasteiger partial charge in [-0.25, -0.2) is 18.2 Å². The minimum Gasteiger partial charge on any atom is -0.476 e. The third-order valence-corrected chi connectivity index (χ3v) is 6.38. The molecule has 9 heteroatoms. The third kappa shape index (κ3) is 3.49. The van der Waals surface area contributed by atoms with Crippen LogP contribution in [0, 0.1) is 0 Å². The first-order valence-electron chi connectivity index (χ1n) is 5.70. The molecule has 0 saturated carbocycles. The molecule has 1 heterocycles. The van der Waals surface area contributed by atoms with Gasteiger partial charge in [-0.2, -0.15) is 4.31 Å². The third-order valence-electron chi connectivity index (χ3n) is 2.70. The SMILES string of the molecule is CN(Cc1ccc(Br)cc1)S(=O)(=O)c1scnc1C(=O)O. The molecule has 21 heavy (non-hydrogen) atoms. The maximum atomic E-state index is 12.4.